The number of rotatable bonds is 9. The van der Waals surface area contributed by atoms with Crippen molar-refractivity contribution in [2.75, 3.05) is 7.11 Å². The van der Waals surface area contributed by atoms with E-state index in [1.165, 1.54) is 5.56 Å². The van der Waals surface area contributed by atoms with E-state index >= 15 is 0 Å². The third-order valence-electron chi connectivity index (χ3n) is 5.42. The van der Waals surface area contributed by atoms with E-state index in [9.17, 15) is 4.79 Å². The van der Waals surface area contributed by atoms with Gasteiger partial charge in [-0.1, -0.05) is 71.9 Å². The molecule has 1 amide bonds. The number of hydrogen-bond donors (Lipinski definition) is 1. The van der Waals surface area contributed by atoms with Gasteiger partial charge in [-0.15, -0.1) is 10.2 Å². The molecule has 1 aromatic heterocycles. The average molecular weight is 473 g/mol. The van der Waals surface area contributed by atoms with E-state index in [1.54, 1.807) is 18.9 Å². The van der Waals surface area contributed by atoms with Crippen molar-refractivity contribution in [1.82, 2.24) is 20.1 Å². The number of aryl methyl sites for hydroxylation is 1. The van der Waals surface area contributed by atoms with E-state index in [1.807, 2.05) is 60.0 Å². The molecule has 0 fully saturated rings. The molecule has 6 nitrogen and oxygen atoms in total. The molecule has 0 bridgehead atoms. The second-order valence-electron chi connectivity index (χ2n) is 8.10. The van der Waals surface area contributed by atoms with Gasteiger partial charge in [0.05, 0.1) is 19.6 Å². The number of ether oxygens (including phenoxy) is 1. The summed E-state index contributed by atoms with van der Waals surface area (Å²) < 4.78 is 7.37. The third-order valence-corrected chi connectivity index (χ3v) is 6.43. The summed E-state index contributed by atoms with van der Waals surface area (Å²) >= 11 is 1.60. The Hall–Kier alpha value is -3.58. The topological polar surface area (TPSA) is 69.0 Å². The molecule has 0 saturated heterocycles. The van der Waals surface area contributed by atoms with E-state index in [4.69, 9.17) is 4.74 Å². The molecule has 1 N–H and O–H groups in total. The largest absolute Gasteiger partial charge is 0.497 e. The zero-order chi connectivity index (χ0) is 23.9. The van der Waals surface area contributed by atoms with E-state index in [0.717, 1.165) is 33.5 Å². The van der Waals surface area contributed by atoms with E-state index < -0.39 is 0 Å². The molecule has 34 heavy (non-hydrogen) atoms. The van der Waals surface area contributed by atoms with Crippen LogP contribution in [0.15, 0.2) is 84.0 Å². The Morgan fingerprint density at radius 2 is 1.74 bits per heavy atom. The number of benzene rings is 3. The fourth-order valence-electron chi connectivity index (χ4n) is 3.64. The highest BCUT2D eigenvalue weighted by molar-refractivity contribution is 7.98. The van der Waals surface area contributed by atoms with Gasteiger partial charge in [-0.05, 0) is 49.2 Å². The molecule has 4 aromatic rings. The Kier molecular flexibility index (Phi) is 7.65. The van der Waals surface area contributed by atoms with Crippen molar-refractivity contribution in [3.63, 3.8) is 0 Å². The normalized spacial score (nSPS) is 11.7. The molecule has 4 rings (SSSR count). The number of hydrogen-bond acceptors (Lipinski definition) is 5. The lowest BCUT2D eigenvalue weighted by atomic mass is 10.1. The average Bonchev–Trinajstić information content (AvgIpc) is 3.28. The van der Waals surface area contributed by atoms with Crippen molar-refractivity contribution in [1.29, 1.82) is 0 Å². The minimum atomic E-state index is -0.309. The lowest BCUT2D eigenvalue weighted by Gasteiger charge is -2.16. The number of amides is 1. The van der Waals surface area contributed by atoms with Crippen LogP contribution in [0, 0.1) is 6.92 Å². The van der Waals surface area contributed by atoms with Crippen LogP contribution in [0.25, 0.3) is 5.69 Å². The molecular weight excluding hydrogens is 444 g/mol. The van der Waals surface area contributed by atoms with Crippen molar-refractivity contribution >= 4 is 17.7 Å². The Bertz CT molecular complexity index is 1240. The van der Waals surface area contributed by atoms with Crippen LogP contribution < -0.4 is 10.1 Å². The van der Waals surface area contributed by atoms with E-state index in [-0.39, 0.29) is 11.9 Å². The van der Waals surface area contributed by atoms with Gasteiger partial charge < -0.3 is 10.1 Å². The minimum absolute atomic E-state index is 0.0530. The van der Waals surface area contributed by atoms with E-state index in [0.29, 0.717) is 12.2 Å². The first-order chi connectivity index (χ1) is 16.5. The number of carbonyl (C=O) groups is 1. The van der Waals surface area contributed by atoms with Crippen LogP contribution >= 0.6 is 11.8 Å². The number of thioether (sulfide) groups is 1. The molecule has 7 heteroatoms. The summed E-state index contributed by atoms with van der Waals surface area (Å²) in [6, 6.07) is 25.6. The van der Waals surface area contributed by atoms with Gasteiger partial charge >= 0.3 is 0 Å². The number of nitrogens with zero attached hydrogens (tertiary/aromatic N) is 3. The van der Waals surface area contributed by atoms with Gasteiger partial charge in [0.2, 0.25) is 5.91 Å². The number of carbonyl (C=O) groups excluding carboxylic acids is 1. The number of aromatic nitrogens is 3. The van der Waals surface area contributed by atoms with Gasteiger partial charge in [0.1, 0.15) is 5.75 Å². The van der Waals surface area contributed by atoms with Crippen molar-refractivity contribution in [3.05, 3.63) is 101 Å². The molecule has 1 heterocycles. The Balaban J connectivity index is 1.57. The Labute approximate surface area is 204 Å². The smallest absolute Gasteiger partial charge is 0.224 e. The molecular formula is C27H28N4O2S. The summed E-state index contributed by atoms with van der Waals surface area (Å²) in [5.41, 5.74) is 4.24. The monoisotopic (exact) mass is 472 g/mol. The second kappa shape index (κ2) is 11.0. The molecule has 1 atom stereocenters. The second-order valence-corrected chi connectivity index (χ2v) is 9.05. The summed E-state index contributed by atoms with van der Waals surface area (Å²) in [5, 5.41) is 12.8. The van der Waals surface area contributed by atoms with Crippen LogP contribution in [-0.4, -0.2) is 27.8 Å². The maximum Gasteiger partial charge on any atom is 0.224 e. The maximum absolute atomic E-state index is 12.7. The molecule has 0 aliphatic heterocycles. The van der Waals surface area contributed by atoms with Crippen molar-refractivity contribution < 1.29 is 9.53 Å². The van der Waals surface area contributed by atoms with Gasteiger partial charge in [0.25, 0.3) is 0 Å². The fraction of sp³-hybridized carbons (Fsp3) is 0.222. The lowest BCUT2D eigenvalue weighted by Crippen LogP contribution is -2.29. The first-order valence-electron chi connectivity index (χ1n) is 11.1. The highest BCUT2D eigenvalue weighted by Gasteiger charge is 2.21. The van der Waals surface area contributed by atoms with Crippen LogP contribution in [0.1, 0.15) is 35.5 Å². The maximum atomic E-state index is 12.7. The molecule has 1 unspecified atom stereocenters. The van der Waals surface area contributed by atoms with Gasteiger partial charge in [0, 0.05) is 11.4 Å². The van der Waals surface area contributed by atoms with Crippen molar-refractivity contribution in [2.45, 2.75) is 37.2 Å². The Morgan fingerprint density at radius 1 is 1.00 bits per heavy atom. The molecule has 3 aromatic carbocycles. The molecule has 0 spiro atoms. The summed E-state index contributed by atoms with van der Waals surface area (Å²) in [6.45, 7) is 4.00. The fourth-order valence-corrected chi connectivity index (χ4v) is 4.54. The van der Waals surface area contributed by atoms with E-state index in [2.05, 4.69) is 52.8 Å². The predicted molar refractivity (Wildman–Crippen MR) is 135 cm³/mol. The quantitative estimate of drug-likeness (QED) is 0.335. The Morgan fingerprint density at radius 3 is 2.47 bits per heavy atom. The van der Waals surface area contributed by atoms with Crippen LogP contribution in [0.2, 0.25) is 0 Å². The number of nitrogens with one attached hydrogen (secondary N) is 1. The third kappa shape index (κ3) is 5.85. The first kappa shape index (κ1) is 23.6. The zero-order valence-electron chi connectivity index (χ0n) is 19.6. The summed E-state index contributed by atoms with van der Waals surface area (Å²) in [5.74, 6) is 2.19. The standard InChI is InChI=1S/C27H28N4O2S/c1-19-12-14-23(15-13-19)31-26(20(2)28-25(32)17-21-8-5-4-6-9-21)29-30-27(31)34-18-22-10-7-11-24(16-22)33-3/h4-16,20H,17-18H2,1-3H3,(H,28,32). The van der Waals surface area contributed by atoms with Gasteiger partial charge in [0.15, 0.2) is 11.0 Å². The first-order valence-corrected chi connectivity index (χ1v) is 12.1. The summed E-state index contributed by atoms with van der Waals surface area (Å²) in [4.78, 5) is 12.7. The molecule has 0 radical (unpaired) electrons. The summed E-state index contributed by atoms with van der Waals surface area (Å²) in [6.07, 6.45) is 0.321. The number of methoxy groups -OCH3 is 1. The molecule has 174 valence electrons. The molecule has 0 aliphatic rings. The molecule has 0 aliphatic carbocycles. The van der Waals surface area contributed by atoms with Crippen molar-refractivity contribution in [3.8, 4) is 11.4 Å². The predicted octanol–water partition coefficient (Wildman–Crippen LogP) is 5.30. The van der Waals surface area contributed by atoms with Crippen LogP contribution in [0.5, 0.6) is 5.75 Å². The van der Waals surface area contributed by atoms with Gasteiger partial charge in [-0.25, -0.2) is 0 Å². The van der Waals surface area contributed by atoms with Crippen LogP contribution in [-0.2, 0) is 17.0 Å². The van der Waals surface area contributed by atoms with Gasteiger partial charge in [-0.2, -0.15) is 0 Å². The van der Waals surface area contributed by atoms with Crippen molar-refractivity contribution in [2.24, 2.45) is 0 Å². The SMILES string of the molecule is COc1cccc(CSc2nnc(C(C)NC(=O)Cc3ccccc3)n2-c2ccc(C)cc2)c1. The highest BCUT2D eigenvalue weighted by Crippen LogP contribution is 2.28. The van der Waals surface area contributed by atoms with Crippen LogP contribution in [0.3, 0.4) is 0 Å². The molecule has 0 saturated carbocycles. The lowest BCUT2D eigenvalue weighted by molar-refractivity contribution is -0.121. The highest BCUT2D eigenvalue weighted by atomic mass is 32.2. The minimum Gasteiger partial charge on any atom is -0.497 e. The summed E-state index contributed by atoms with van der Waals surface area (Å²) in [7, 11) is 1.67. The zero-order valence-corrected chi connectivity index (χ0v) is 20.4. The van der Waals surface area contributed by atoms with Crippen LogP contribution in [0.4, 0.5) is 0 Å². The van der Waals surface area contributed by atoms with Gasteiger partial charge in [-0.3, -0.25) is 9.36 Å².